The predicted octanol–water partition coefficient (Wildman–Crippen LogP) is 0.00980. The van der Waals surface area contributed by atoms with Crippen LogP contribution in [0.2, 0.25) is 0 Å². The van der Waals surface area contributed by atoms with E-state index >= 15 is 0 Å². The third-order valence-corrected chi connectivity index (χ3v) is 4.58. The van der Waals surface area contributed by atoms with Crippen molar-refractivity contribution >= 4 is 10.0 Å². The molecule has 0 aliphatic carbocycles. The number of aryl methyl sites for hydroxylation is 2. The first kappa shape index (κ1) is 15.1. The molecule has 0 aliphatic heterocycles. The molecule has 0 bridgehead atoms. The smallest absolute Gasteiger partial charge is 0.215 e. The molecule has 18 heavy (non-hydrogen) atoms. The number of sulfonamides is 1. The van der Waals surface area contributed by atoms with Crippen molar-refractivity contribution in [2.75, 3.05) is 13.6 Å². The molecule has 1 atom stereocenters. The monoisotopic (exact) mass is 274 g/mol. The molecule has 0 saturated heterocycles. The topological polar surface area (TPSA) is 76.0 Å². The van der Waals surface area contributed by atoms with Gasteiger partial charge in [-0.2, -0.15) is 5.10 Å². The predicted molar refractivity (Wildman–Crippen MR) is 71.7 cm³/mol. The summed E-state index contributed by atoms with van der Waals surface area (Å²) in [7, 11) is 0.287. The number of hydrogen-bond acceptors (Lipinski definition) is 4. The Bertz CT molecular complexity index is 481. The maximum Gasteiger partial charge on any atom is 0.215 e. The largest absolute Gasteiger partial charge is 0.318 e. The summed E-state index contributed by atoms with van der Waals surface area (Å²) >= 11 is 0. The average molecular weight is 274 g/mol. The number of nitrogens with one attached hydrogen (secondary N) is 2. The Hall–Kier alpha value is -0.920. The van der Waals surface area contributed by atoms with E-state index < -0.39 is 15.3 Å². The highest BCUT2D eigenvalue weighted by molar-refractivity contribution is 7.90. The van der Waals surface area contributed by atoms with Crippen LogP contribution in [0.25, 0.3) is 0 Å². The Balaban J connectivity index is 2.69. The minimum atomic E-state index is -3.29. The van der Waals surface area contributed by atoms with Gasteiger partial charge < -0.3 is 5.32 Å². The molecule has 0 spiro atoms. The van der Waals surface area contributed by atoms with E-state index in [9.17, 15) is 8.42 Å². The van der Waals surface area contributed by atoms with Gasteiger partial charge in [0, 0.05) is 31.9 Å². The normalized spacial score (nSPS) is 13.8. The number of nitrogens with zero attached hydrogens (tertiary/aromatic N) is 2. The van der Waals surface area contributed by atoms with Gasteiger partial charge in [-0.25, -0.2) is 13.1 Å². The van der Waals surface area contributed by atoms with Crippen LogP contribution in [0, 0.1) is 0 Å². The molecule has 0 saturated carbocycles. The van der Waals surface area contributed by atoms with E-state index in [4.69, 9.17) is 0 Å². The van der Waals surface area contributed by atoms with Crippen molar-refractivity contribution in [2.45, 2.75) is 32.1 Å². The fourth-order valence-corrected chi connectivity index (χ4v) is 2.77. The van der Waals surface area contributed by atoms with E-state index in [2.05, 4.69) is 15.1 Å². The third kappa shape index (κ3) is 3.79. The molecule has 7 heteroatoms. The van der Waals surface area contributed by atoms with Crippen LogP contribution in [0.3, 0.4) is 0 Å². The molecule has 0 aromatic carbocycles. The second kappa shape index (κ2) is 6.31. The van der Waals surface area contributed by atoms with Gasteiger partial charge in [0.25, 0.3) is 0 Å². The van der Waals surface area contributed by atoms with Gasteiger partial charge in [0.1, 0.15) is 0 Å². The minimum Gasteiger partial charge on any atom is -0.318 e. The second-order valence-corrected chi connectivity index (χ2v) is 6.55. The lowest BCUT2D eigenvalue weighted by atomic mass is 10.2. The summed E-state index contributed by atoms with van der Waals surface area (Å²) in [6, 6.07) is 0. The lowest BCUT2D eigenvalue weighted by Crippen LogP contribution is -2.37. The molecule has 0 amide bonds. The van der Waals surface area contributed by atoms with Gasteiger partial charge in [0.2, 0.25) is 10.0 Å². The molecule has 0 fully saturated rings. The van der Waals surface area contributed by atoms with Gasteiger partial charge in [-0.05, 0) is 20.4 Å². The molecule has 0 radical (unpaired) electrons. The van der Waals surface area contributed by atoms with E-state index in [1.807, 2.05) is 20.2 Å². The molecule has 1 aromatic heterocycles. The zero-order valence-corrected chi connectivity index (χ0v) is 12.2. The van der Waals surface area contributed by atoms with Crippen molar-refractivity contribution in [1.29, 1.82) is 0 Å². The molecule has 0 aliphatic rings. The van der Waals surface area contributed by atoms with Crippen molar-refractivity contribution < 1.29 is 8.42 Å². The van der Waals surface area contributed by atoms with Crippen LogP contribution in [0.15, 0.2) is 6.20 Å². The lowest BCUT2D eigenvalue weighted by Gasteiger charge is -2.13. The summed E-state index contributed by atoms with van der Waals surface area (Å²) in [6.45, 7) is 4.42. The Morgan fingerprint density at radius 3 is 2.72 bits per heavy atom. The zero-order valence-electron chi connectivity index (χ0n) is 11.4. The van der Waals surface area contributed by atoms with Gasteiger partial charge in [0.05, 0.1) is 10.9 Å². The SMILES string of the molecule is CCc1nn(C)cc1CNS(=O)(=O)C(C)CNC. The maximum absolute atomic E-state index is 11.9. The van der Waals surface area contributed by atoms with Crippen molar-refractivity contribution in [2.24, 2.45) is 7.05 Å². The van der Waals surface area contributed by atoms with Crippen LogP contribution in [-0.4, -0.2) is 37.0 Å². The van der Waals surface area contributed by atoms with Gasteiger partial charge in [-0.15, -0.1) is 0 Å². The summed E-state index contributed by atoms with van der Waals surface area (Å²) < 4.78 is 28.2. The highest BCUT2D eigenvalue weighted by Crippen LogP contribution is 2.08. The van der Waals surface area contributed by atoms with Crippen molar-refractivity contribution in [1.82, 2.24) is 19.8 Å². The summed E-state index contributed by atoms with van der Waals surface area (Å²) in [5, 5.41) is 6.69. The Kier molecular flexibility index (Phi) is 5.30. The summed E-state index contributed by atoms with van der Waals surface area (Å²) in [6.07, 6.45) is 2.65. The molecule has 1 aromatic rings. The first-order valence-corrected chi connectivity index (χ1v) is 7.59. The van der Waals surface area contributed by atoms with Gasteiger partial charge in [-0.3, -0.25) is 4.68 Å². The average Bonchev–Trinajstić information content (AvgIpc) is 2.67. The summed E-state index contributed by atoms with van der Waals surface area (Å²) in [5.41, 5.74) is 1.86. The highest BCUT2D eigenvalue weighted by Gasteiger charge is 2.20. The minimum absolute atomic E-state index is 0.299. The molecule has 2 N–H and O–H groups in total. The van der Waals surface area contributed by atoms with Crippen LogP contribution in [0.4, 0.5) is 0 Å². The van der Waals surface area contributed by atoms with E-state index in [0.29, 0.717) is 13.1 Å². The summed E-state index contributed by atoms with van der Waals surface area (Å²) in [4.78, 5) is 0. The number of rotatable bonds is 7. The summed E-state index contributed by atoms with van der Waals surface area (Å²) in [5.74, 6) is 0. The van der Waals surface area contributed by atoms with Crippen LogP contribution in [-0.2, 0) is 30.0 Å². The van der Waals surface area contributed by atoms with Gasteiger partial charge in [-0.1, -0.05) is 6.92 Å². The van der Waals surface area contributed by atoms with Crippen molar-refractivity contribution in [3.8, 4) is 0 Å². The molecule has 104 valence electrons. The standard InChI is InChI=1S/C11H22N4O2S/c1-5-11-10(8-15(4)14-11)7-13-18(16,17)9(2)6-12-3/h8-9,12-13H,5-7H2,1-4H3. The quantitative estimate of drug-likeness (QED) is 0.734. The molecule has 1 rings (SSSR count). The Morgan fingerprint density at radius 1 is 1.50 bits per heavy atom. The fourth-order valence-electron chi connectivity index (χ4n) is 1.75. The second-order valence-electron chi connectivity index (χ2n) is 4.36. The molecule has 6 nitrogen and oxygen atoms in total. The van der Waals surface area contributed by atoms with Gasteiger partial charge in [0.15, 0.2) is 0 Å². The molecule has 1 unspecified atom stereocenters. The van der Waals surface area contributed by atoms with Crippen LogP contribution in [0.1, 0.15) is 25.1 Å². The highest BCUT2D eigenvalue weighted by atomic mass is 32.2. The first-order chi connectivity index (χ1) is 8.40. The van der Waals surface area contributed by atoms with Crippen molar-refractivity contribution in [3.05, 3.63) is 17.5 Å². The van der Waals surface area contributed by atoms with E-state index in [0.717, 1.165) is 17.7 Å². The van der Waals surface area contributed by atoms with E-state index in [1.54, 1.807) is 18.7 Å². The fraction of sp³-hybridized carbons (Fsp3) is 0.727. The Labute approximate surface area is 109 Å². The van der Waals surface area contributed by atoms with Crippen LogP contribution >= 0.6 is 0 Å². The first-order valence-electron chi connectivity index (χ1n) is 6.05. The maximum atomic E-state index is 11.9. The van der Waals surface area contributed by atoms with E-state index in [1.165, 1.54) is 0 Å². The van der Waals surface area contributed by atoms with E-state index in [-0.39, 0.29) is 0 Å². The zero-order chi connectivity index (χ0) is 13.8. The van der Waals surface area contributed by atoms with Crippen LogP contribution < -0.4 is 10.0 Å². The third-order valence-electron chi connectivity index (χ3n) is 2.81. The molecular weight excluding hydrogens is 252 g/mol. The Morgan fingerprint density at radius 2 is 2.17 bits per heavy atom. The van der Waals surface area contributed by atoms with Gasteiger partial charge >= 0.3 is 0 Å². The van der Waals surface area contributed by atoms with Crippen LogP contribution in [0.5, 0.6) is 0 Å². The van der Waals surface area contributed by atoms with Crippen molar-refractivity contribution in [3.63, 3.8) is 0 Å². The molecular formula is C11H22N4O2S. The molecule has 1 heterocycles. The number of aromatic nitrogens is 2. The lowest BCUT2D eigenvalue weighted by molar-refractivity contribution is 0.563. The number of hydrogen-bond donors (Lipinski definition) is 2.